The molecule has 0 unspecified atom stereocenters. The number of rotatable bonds is 6. The van der Waals surface area contributed by atoms with Crippen molar-refractivity contribution in [2.75, 3.05) is 12.5 Å². The highest BCUT2D eigenvalue weighted by Crippen LogP contribution is 2.26. The second kappa shape index (κ2) is 7.36. The number of anilines is 1. The minimum absolute atomic E-state index is 0.0982. The Labute approximate surface area is 137 Å². The Bertz CT molecular complexity index is 829. The molecule has 2 rings (SSSR count). The minimum atomic E-state index is -0.533. The van der Waals surface area contributed by atoms with Crippen LogP contribution >= 0.6 is 0 Å². The van der Waals surface area contributed by atoms with E-state index in [0.29, 0.717) is 11.3 Å². The van der Waals surface area contributed by atoms with Gasteiger partial charge in [0.1, 0.15) is 0 Å². The first-order chi connectivity index (χ1) is 11.4. The Balaban J connectivity index is 2.19. The van der Waals surface area contributed by atoms with Crippen molar-refractivity contribution in [3.8, 4) is 5.75 Å². The molecule has 0 aliphatic carbocycles. The number of aromatic nitrogens is 2. The molecule has 2 aromatic rings. The molecule has 0 saturated heterocycles. The van der Waals surface area contributed by atoms with E-state index in [1.165, 1.54) is 31.5 Å². The molecule has 1 aromatic heterocycles. The number of nitrogens with one attached hydrogen (secondary N) is 2. The van der Waals surface area contributed by atoms with E-state index in [1.807, 2.05) is 13.8 Å². The number of aromatic amines is 1. The second-order valence-electron chi connectivity index (χ2n) is 5.23. The number of ether oxygens (including phenoxy) is 1. The van der Waals surface area contributed by atoms with Crippen LogP contribution in [0.1, 0.15) is 31.0 Å². The molecule has 0 radical (unpaired) electrons. The standard InChI is InChI=1S/C15H17N5O4/c1-9(2)11-7-14(21)18-15(17-11)19-16-8-10-4-5-13(24-3)12(6-10)20(22)23/h4-9H,1-3H3,(H2,17,18,19,21)/b16-8-. The lowest BCUT2D eigenvalue weighted by molar-refractivity contribution is -0.385. The Morgan fingerprint density at radius 1 is 1.42 bits per heavy atom. The van der Waals surface area contributed by atoms with Crippen LogP contribution in [0, 0.1) is 10.1 Å². The molecule has 0 bridgehead atoms. The Morgan fingerprint density at radius 2 is 2.17 bits per heavy atom. The third-order valence-corrected chi connectivity index (χ3v) is 3.14. The summed E-state index contributed by atoms with van der Waals surface area (Å²) in [6.07, 6.45) is 1.38. The van der Waals surface area contributed by atoms with Gasteiger partial charge in [-0.1, -0.05) is 13.8 Å². The van der Waals surface area contributed by atoms with Crippen LogP contribution in [-0.2, 0) is 0 Å². The van der Waals surface area contributed by atoms with Gasteiger partial charge in [-0.05, 0) is 18.1 Å². The first-order valence-electron chi connectivity index (χ1n) is 7.13. The fourth-order valence-electron chi connectivity index (χ4n) is 1.92. The molecule has 1 aromatic carbocycles. The highest BCUT2D eigenvalue weighted by atomic mass is 16.6. The van der Waals surface area contributed by atoms with E-state index in [-0.39, 0.29) is 28.9 Å². The fraction of sp³-hybridized carbons (Fsp3) is 0.267. The molecule has 1 heterocycles. The van der Waals surface area contributed by atoms with Crippen LogP contribution in [0.3, 0.4) is 0 Å². The average molecular weight is 331 g/mol. The van der Waals surface area contributed by atoms with Crippen LogP contribution in [0.2, 0.25) is 0 Å². The predicted molar refractivity (Wildman–Crippen MR) is 89.8 cm³/mol. The summed E-state index contributed by atoms with van der Waals surface area (Å²) in [4.78, 5) is 28.8. The van der Waals surface area contributed by atoms with E-state index in [4.69, 9.17) is 4.74 Å². The van der Waals surface area contributed by atoms with Crippen molar-refractivity contribution in [1.29, 1.82) is 0 Å². The van der Waals surface area contributed by atoms with Gasteiger partial charge in [0.2, 0.25) is 5.95 Å². The quantitative estimate of drug-likeness (QED) is 0.475. The summed E-state index contributed by atoms with van der Waals surface area (Å²) in [6, 6.07) is 5.87. The number of nitro groups is 1. The summed E-state index contributed by atoms with van der Waals surface area (Å²) in [7, 11) is 1.36. The van der Waals surface area contributed by atoms with Crippen molar-refractivity contribution < 1.29 is 9.66 Å². The summed E-state index contributed by atoms with van der Waals surface area (Å²) in [6.45, 7) is 3.84. The Kier molecular flexibility index (Phi) is 5.25. The van der Waals surface area contributed by atoms with Crippen LogP contribution in [0.25, 0.3) is 0 Å². The van der Waals surface area contributed by atoms with Gasteiger partial charge in [0.15, 0.2) is 5.75 Å². The maximum absolute atomic E-state index is 11.6. The molecule has 0 aliphatic rings. The summed E-state index contributed by atoms with van der Waals surface area (Å²) in [5, 5.41) is 14.9. The number of nitrogens with zero attached hydrogens (tertiary/aromatic N) is 3. The van der Waals surface area contributed by atoms with Crippen LogP contribution in [0.4, 0.5) is 11.6 Å². The van der Waals surface area contributed by atoms with Gasteiger partial charge >= 0.3 is 5.69 Å². The number of H-pyrrole nitrogens is 1. The van der Waals surface area contributed by atoms with Gasteiger partial charge in [0.05, 0.1) is 23.9 Å². The van der Waals surface area contributed by atoms with Crippen molar-refractivity contribution in [3.63, 3.8) is 0 Å². The molecular weight excluding hydrogens is 314 g/mol. The SMILES string of the molecule is COc1ccc(/C=N\Nc2nc(C(C)C)cc(=O)[nH]2)cc1[N+](=O)[O-]. The van der Waals surface area contributed by atoms with E-state index in [1.54, 1.807) is 6.07 Å². The number of hydrogen-bond donors (Lipinski definition) is 2. The summed E-state index contributed by atoms with van der Waals surface area (Å²) < 4.78 is 4.93. The normalized spacial score (nSPS) is 11.0. The highest BCUT2D eigenvalue weighted by Gasteiger charge is 2.14. The third kappa shape index (κ3) is 4.15. The molecule has 0 fully saturated rings. The van der Waals surface area contributed by atoms with Crippen LogP contribution < -0.4 is 15.7 Å². The number of hydrazone groups is 1. The van der Waals surface area contributed by atoms with E-state index < -0.39 is 4.92 Å². The maximum atomic E-state index is 11.6. The highest BCUT2D eigenvalue weighted by molar-refractivity contribution is 5.82. The van der Waals surface area contributed by atoms with Crippen LogP contribution in [0.15, 0.2) is 34.2 Å². The first kappa shape index (κ1) is 17.1. The van der Waals surface area contributed by atoms with Gasteiger partial charge < -0.3 is 4.74 Å². The Morgan fingerprint density at radius 3 is 2.79 bits per heavy atom. The number of hydrogen-bond acceptors (Lipinski definition) is 7. The zero-order chi connectivity index (χ0) is 17.7. The maximum Gasteiger partial charge on any atom is 0.311 e. The smallest absolute Gasteiger partial charge is 0.311 e. The third-order valence-electron chi connectivity index (χ3n) is 3.14. The van der Waals surface area contributed by atoms with Crippen molar-refractivity contribution in [1.82, 2.24) is 9.97 Å². The lowest BCUT2D eigenvalue weighted by atomic mass is 10.1. The van der Waals surface area contributed by atoms with E-state index >= 15 is 0 Å². The monoisotopic (exact) mass is 331 g/mol. The molecule has 126 valence electrons. The van der Waals surface area contributed by atoms with Gasteiger partial charge in [0.25, 0.3) is 5.56 Å². The summed E-state index contributed by atoms with van der Waals surface area (Å²) in [5.74, 6) is 0.465. The zero-order valence-corrected chi connectivity index (χ0v) is 13.4. The topological polar surface area (TPSA) is 123 Å². The number of benzene rings is 1. The molecule has 9 heteroatoms. The van der Waals surface area contributed by atoms with Gasteiger partial charge in [0, 0.05) is 17.7 Å². The van der Waals surface area contributed by atoms with Crippen molar-refractivity contribution in [2.24, 2.45) is 5.10 Å². The first-order valence-corrected chi connectivity index (χ1v) is 7.13. The van der Waals surface area contributed by atoms with Crippen molar-refractivity contribution >= 4 is 17.9 Å². The largest absolute Gasteiger partial charge is 0.490 e. The van der Waals surface area contributed by atoms with Crippen molar-refractivity contribution in [2.45, 2.75) is 19.8 Å². The van der Waals surface area contributed by atoms with Gasteiger partial charge in [-0.25, -0.2) is 10.4 Å². The average Bonchev–Trinajstić information content (AvgIpc) is 2.54. The van der Waals surface area contributed by atoms with Gasteiger partial charge in [-0.3, -0.25) is 19.9 Å². The Hall–Kier alpha value is -3.23. The zero-order valence-electron chi connectivity index (χ0n) is 13.4. The molecule has 0 aliphatic heterocycles. The molecule has 0 amide bonds. The van der Waals surface area contributed by atoms with E-state index in [2.05, 4.69) is 20.5 Å². The van der Waals surface area contributed by atoms with Crippen molar-refractivity contribution in [3.05, 3.63) is 56.0 Å². The predicted octanol–water partition coefficient (Wildman–Crippen LogP) is 2.26. The molecular formula is C15H17N5O4. The molecule has 9 nitrogen and oxygen atoms in total. The van der Waals surface area contributed by atoms with Crippen LogP contribution in [0.5, 0.6) is 5.75 Å². The second-order valence-corrected chi connectivity index (χ2v) is 5.23. The summed E-state index contributed by atoms with van der Waals surface area (Å²) in [5.41, 5.74) is 3.30. The number of nitro benzene ring substituents is 1. The van der Waals surface area contributed by atoms with Gasteiger partial charge in [-0.2, -0.15) is 5.10 Å². The summed E-state index contributed by atoms with van der Waals surface area (Å²) >= 11 is 0. The van der Waals surface area contributed by atoms with Gasteiger partial charge in [-0.15, -0.1) is 0 Å². The lowest BCUT2D eigenvalue weighted by Crippen LogP contribution is -2.12. The molecule has 0 spiro atoms. The molecule has 0 atom stereocenters. The molecule has 2 N–H and O–H groups in total. The minimum Gasteiger partial charge on any atom is -0.490 e. The van der Waals surface area contributed by atoms with E-state index in [9.17, 15) is 14.9 Å². The molecule has 24 heavy (non-hydrogen) atoms. The van der Waals surface area contributed by atoms with Crippen LogP contribution in [-0.4, -0.2) is 28.2 Å². The van der Waals surface area contributed by atoms with E-state index in [0.717, 1.165) is 0 Å². The fourth-order valence-corrected chi connectivity index (χ4v) is 1.92. The lowest BCUT2D eigenvalue weighted by Gasteiger charge is -2.05. The molecule has 0 saturated carbocycles. The number of methoxy groups -OCH3 is 1.